The van der Waals surface area contributed by atoms with E-state index >= 15 is 0 Å². The largest absolute Gasteiger partial charge is 0.338 e. The van der Waals surface area contributed by atoms with Gasteiger partial charge in [0.05, 0.1) is 18.3 Å². The Hall–Kier alpha value is -2.92. The van der Waals surface area contributed by atoms with Crippen LogP contribution in [0.15, 0.2) is 66.9 Å². The maximum atomic E-state index is 12.5. The molecule has 1 unspecified atom stereocenters. The molecule has 0 aliphatic carbocycles. The first-order chi connectivity index (χ1) is 13.6. The van der Waals surface area contributed by atoms with Gasteiger partial charge in [0.15, 0.2) is 6.54 Å². The molecule has 28 heavy (non-hydrogen) atoms. The van der Waals surface area contributed by atoms with Crippen LogP contribution in [0.2, 0.25) is 0 Å². The van der Waals surface area contributed by atoms with Crippen molar-refractivity contribution in [1.29, 1.82) is 0 Å². The fraction of sp³-hybridized carbons (Fsp3) is 0.304. The third-order valence-corrected chi connectivity index (χ3v) is 4.92. The predicted molar refractivity (Wildman–Crippen MR) is 112 cm³/mol. The molecule has 1 amide bonds. The molecule has 2 aromatic carbocycles. The number of aromatic nitrogens is 2. The summed E-state index contributed by atoms with van der Waals surface area (Å²) in [5.74, 6) is 0.194. The summed E-state index contributed by atoms with van der Waals surface area (Å²) in [4.78, 5) is 15.5. The molecule has 0 bridgehead atoms. The van der Waals surface area contributed by atoms with Crippen molar-refractivity contribution >= 4 is 5.91 Å². The number of carbonyl (C=O) groups is 1. The van der Waals surface area contributed by atoms with E-state index in [2.05, 4.69) is 25.4 Å². The second-order valence-electron chi connectivity index (χ2n) is 7.03. The molecular formula is C23H29N4O+. The lowest BCUT2D eigenvalue weighted by molar-refractivity contribution is -0.885. The standard InChI is InChI=1S/C23H28N4O/c1-4-26(5-2)22(28)18-25(3)16-20-17-27(21-14-10-7-11-15-21)24-23(20)19-12-8-6-9-13-19/h6-15,17H,4-5,16,18H2,1-3H3/p+1. The Morgan fingerprint density at radius 2 is 1.61 bits per heavy atom. The Labute approximate surface area is 167 Å². The first-order valence-corrected chi connectivity index (χ1v) is 9.90. The number of nitrogens with one attached hydrogen (secondary N) is 1. The van der Waals surface area contributed by atoms with Gasteiger partial charge < -0.3 is 9.80 Å². The van der Waals surface area contributed by atoms with Crippen LogP contribution < -0.4 is 4.90 Å². The van der Waals surface area contributed by atoms with E-state index in [1.54, 1.807) is 0 Å². The summed E-state index contributed by atoms with van der Waals surface area (Å²) < 4.78 is 1.93. The molecule has 1 aromatic heterocycles. The number of para-hydroxylation sites is 1. The van der Waals surface area contributed by atoms with Crippen LogP contribution in [0.25, 0.3) is 16.9 Å². The van der Waals surface area contributed by atoms with E-state index in [1.807, 2.05) is 72.0 Å². The van der Waals surface area contributed by atoms with Gasteiger partial charge in [-0.25, -0.2) is 4.68 Å². The van der Waals surface area contributed by atoms with Crippen LogP contribution in [0.5, 0.6) is 0 Å². The molecule has 0 fully saturated rings. The molecule has 5 heteroatoms. The molecule has 0 aliphatic rings. The van der Waals surface area contributed by atoms with Gasteiger partial charge in [0.25, 0.3) is 5.91 Å². The number of likely N-dealkylation sites (N-methyl/N-ethyl adjacent to an activating group) is 2. The van der Waals surface area contributed by atoms with Crippen molar-refractivity contribution in [3.63, 3.8) is 0 Å². The average Bonchev–Trinajstić information content (AvgIpc) is 3.14. The Kier molecular flexibility index (Phi) is 6.61. The van der Waals surface area contributed by atoms with Gasteiger partial charge in [0.2, 0.25) is 0 Å². The van der Waals surface area contributed by atoms with E-state index in [1.165, 1.54) is 0 Å². The van der Waals surface area contributed by atoms with E-state index in [0.717, 1.165) is 47.0 Å². The Morgan fingerprint density at radius 1 is 1.00 bits per heavy atom. The summed E-state index contributed by atoms with van der Waals surface area (Å²) >= 11 is 0. The van der Waals surface area contributed by atoms with E-state index in [-0.39, 0.29) is 5.91 Å². The number of rotatable bonds is 8. The van der Waals surface area contributed by atoms with Crippen molar-refractivity contribution in [3.8, 4) is 16.9 Å². The van der Waals surface area contributed by atoms with Gasteiger partial charge in [0, 0.05) is 24.8 Å². The molecule has 0 saturated heterocycles. The highest BCUT2D eigenvalue weighted by Crippen LogP contribution is 2.23. The number of quaternary nitrogens is 1. The second-order valence-corrected chi connectivity index (χ2v) is 7.03. The highest BCUT2D eigenvalue weighted by molar-refractivity contribution is 5.77. The van der Waals surface area contributed by atoms with Gasteiger partial charge in [-0.1, -0.05) is 48.5 Å². The molecule has 0 aliphatic heterocycles. The minimum atomic E-state index is 0.194. The number of hydrogen-bond acceptors (Lipinski definition) is 2. The zero-order valence-corrected chi connectivity index (χ0v) is 16.9. The normalized spacial score (nSPS) is 12.0. The fourth-order valence-electron chi connectivity index (χ4n) is 3.42. The van der Waals surface area contributed by atoms with Crippen molar-refractivity contribution in [3.05, 3.63) is 72.4 Å². The summed E-state index contributed by atoms with van der Waals surface area (Å²) in [5.41, 5.74) is 4.23. The minimum Gasteiger partial charge on any atom is -0.338 e. The molecule has 1 N–H and O–H groups in total. The van der Waals surface area contributed by atoms with Gasteiger partial charge in [-0.15, -0.1) is 0 Å². The molecule has 3 aromatic rings. The quantitative estimate of drug-likeness (QED) is 0.655. The molecule has 5 nitrogen and oxygen atoms in total. The molecule has 0 spiro atoms. The first kappa shape index (κ1) is 19.8. The van der Waals surface area contributed by atoms with Crippen molar-refractivity contribution < 1.29 is 9.69 Å². The van der Waals surface area contributed by atoms with Gasteiger partial charge in [0.1, 0.15) is 12.2 Å². The smallest absolute Gasteiger partial charge is 0.277 e. The minimum absolute atomic E-state index is 0.194. The third kappa shape index (κ3) is 4.67. The molecule has 3 rings (SSSR count). The van der Waals surface area contributed by atoms with Gasteiger partial charge >= 0.3 is 0 Å². The van der Waals surface area contributed by atoms with Gasteiger partial charge in [-0.05, 0) is 26.0 Å². The van der Waals surface area contributed by atoms with Crippen molar-refractivity contribution in [1.82, 2.24) is 14.7 Å². The molecule has 0 radical (unpaired) electrons. The highest BCUT2D eigenvalue weighted by Gasteiger charge is 2.19. The molecule has 0 saturated carbocycles. The SMILES string of the molecule is CCN(CC)C(=O)C[NH+](C)Cc1cn(-c2ccccc2)nc1-c1ccccc1. The molecular weight excluding hydrogens is 348 g/mol. The number of nitrogens with zero attached hydrogens (tertiary/aromatic N) is 3. The Balaban J connectivity index is 1.86. The van der Waals surface area contributed by atoms with Crippen LogP contribution >= 0.6 is 0 Å². The van der Waals surface area contributed by atoms with E-state index in [9.17, 15) is 4.79 Å². The zero-order valence-electron chi connectivity index (χ0n) is 16.9. The van der Waals surface area contributed by atoms with Crippen LogP contribution in [0.3, 0.4) is 0 Å². The third-order valence-electron chi connectivity index (χ3n) is 4.92. The van der Waals surface area contributed by atoms with Crippen molar-refractivity contribution in [2.45, 2.75) is 20.4 Å². The zero-order chi connectivity index (χ0) is 19.9. The van der Waals surface area contributed by atoms with Crippen LogP contribution in [-0.2, 0) is 11.3 Å². The highest BCUT2D eigenvalue weighted by atomic mass is 16.2. The summed E-state index contributed by atoms with van der Waals surface area (Å²) in [7, 11) is 2.07. The predicted octanol–water partition coefficient (Wildman–Crippen LogP) is 2.42. The Morgan fingerprint density at radius 3 is 2.21 bits per heavy atom. The van der Waals surface area contributed by atoms with E-state index < -0.39 is 0 Å². The fourth-order valence-corrected chi connectivity index (χ4v) is 3.42. The monoisotopic (exact) mass is 377 g/mol. The lowest BCUT2D eigenvalue weighted by Crippen LogP contribution is -3.08. The van der Waals surface area contributed by atoms with Crippen LogP contribution in [-0.4, -0.2) is 47.3 Å². The van der Waals surface area contributed by atoms with Gasteiger partial charge in [-0.2, -0.15) is 5.10 Å². The topological polar surface area (TPSA) is 42.6 Å². The molecule has 1 atom stereocenters. The lowest BCUT2D eigenvalue weighted by atomic mass is 10.1. The van der Waals surface area contributed by atoms with E-state index in [4.69, 9.17) is 5.10 Å². The lowest BCUT2D eigenvalue weighted by Gasteiger charge is -2.21. The van der Waals surface area contributed by atoms with Crippen LogP contribution in [0.1, 0.15) is 19.4 Å². The molecule has 146 valence electrons. The Bertz CT molecular complexity index is 885. The molecule has 1 heterocycles. The maximum absolute atomic E-state index is 12.5. The van der Waals surface area contributed by atoms with Crippen LogP contribution in [0, 0.1) is 0 Å². The summed E-state index contributed by atoms with van der Waals surface area (Å²) in [6.45, 7) is 6.77. The van der Waals surface area contributed by atoms with Crippen LogP contribution in [0.4, 0.5) is 0 Å². The number of benzene rings is 2. The summed E-state index contributed by atoms with van der Waals surface area (Å²) in [5, 5.41) is 4.86. The van der Waals surface area contributed by atoms with Crippen molar-refractivity contribution in [2.75, 3.05) is 26.7 Å². The second kappa shape index (κ2) is 9.33. The van der Waals surface area contributed by atoms with E-state index in [0.29, 0.717) is 6.54 Å². The van der Waals surface area contributed by atoms with Crippen molar-refractivity contribution in [2.24, 2.45) is 0 Å². The first-order valence-electron chi connectivity index (χ1n) is 9.90. The number of carbonyl (C=O) groups excluding carboxylic acids is 1. The number of hydrogen-bond donors (Lipinski definition) is 1. The maximum Gasteiger partial charge on any atom is 0.277 e. The summed E-state index contributed by atoms with van der Waals surface area (Å²) in [6.07, 6.45) is 2.09. The summed E-state index contributed by atoms with van der Waals surface area (Å²) in [6, 6.07) is 20.4. The average molecular weight is 378 g/mol. The number of amides is 1. The van der Waals surface area contributed by atoms with Gasteiger partial charge in [-0.3, -0.25) is 4.79 Å².